The Bertz CT molecular complexity index is 356. The first-order chi connectivity index (χ1) is 8.02. The summed E-state index contributed by atoms with van der Waals surface area (Å²) in [6.07, 6.45) is 2.82. The van der Waals surface area contributed by atoms with Crippen LogP contribution in [0.2, 0.25) is 0 Å². The fourth-order valence-corrected chi connectivity index (χ4v) is 1.65. The monoisotopic (exact) mass is 301 g/mol. The molecule has 0 aliphatic carbocycles. The summed E-state index contributed by atoms with van der Waals surface area (Å²) < 4.78 is 0.883. The molecule has 0 radical (unpaired) electrons. The van der Waals surface area contributed by atoms with Gasteiger partial charge in [-0.25, -0.2) is 4.98 Å². The van der Waals surface area contributed by atoms with Crippen LogP contribution in [-0.2, 0) is 0 Å². The SMILES string of the molecule is CNc1ncc(Br)c(NC(C)CCN(C)C)n1. The Hall–Kier alpha value is -0.880. The van der Waals surface area contributed by atoms with Gasteiger partial charge >= 0.3 is 0 Å². The summed E-state index contributed by atoms with van der Waals surface area (Å²) in [4.78, 5) is 10.7. The highest BCUT2D eigenvalue weighted by Gasteiger charge is 2.08. The lowest BCUT2D eigenvalue weighted by molar-refractivity contribution is 0.390. The van der Waals surface area contributed by atoms with Gasteiger partial charge < -0.3 is 15.5 Å². The van der Waals surface area contributed by atoms with Crippen LogP contribution in [0.1, 0.15) is 13.3 Å². The van der Waals surface area contributed by atoms with Crippen molar-refractivity contribution in [3.8, 4) is 0 Å². The van der Waals surface area contributed by atoms with Crippen molar-refractivity contribution in [2.75, 3.05) is 38.3 Å². The molecule has 6 heteroatoms. The van der Waals surface area contributed by atoms with E-state index in [1.807, 2.05) is 7.05 Å². The number of anilines is 2. The Morgan fingerprint density at radius 2 is 2.18 bits per heavy atom. The van der Waals surface area contributed by atoms with Crippen LogP contribution in [0.5, 0.6) is 0 Å². The fourth-order valence-electron chi connectivity index (χ4n) is 1.35. The molecule has 1 heterocycles. The topological polar surface area (TPSA) is 53.1 Å². The van der Waals surface area contributed by atoms with Crippen molar-refractivity contribution in [2.24, 2.45) is 0 Å². The predicted molar refractivity (Wildman–Crippen MR) is 75.5 cm³/mol. The van der Waals surface area contributed by atoms with Gasteiger partial charge in [0, 0.05) is 19.3 Å². The largest absolute Gasteiger partial charge is 0.366 e. The first-order valence-corrected chi connectivity index (χ1v) is 6.43. The summed E-state index contributed by atoms with van der Waals surface area (Å²) in [7, 11) is 5.96. The molecule has 0 aromatic carbocycles. The van der Waals surface area contributed by atoms with E-state index in [1.54, 1.807) is 6.20 Å². The zero-order chi connectivity index (χ0) is 12.8. The maximum Gasteiger partial charge on any atom is 0.224 e. The molecule has 1 aromatic heterocycles. The number of rotatable bonds is 6. The molecule has 1 unspecified atom stereocenters. The van der Waals surface area contributed by atoms with E-state index in [0.29, 0.717) is 12.0 Å². The zero-order valence-electron chi connectivity index (χ0n) is 10.8. The van der Waals surface area contributed by atoms with Crippen molar-refractivity contribution in [3.05, 3.63) is 10.7 Å². The number of nitrogens with zero attached hydrogens (tertiary/aromatic N) is 3. The van der Waals surface area contributed by atoms with Gasteiger partial charge in [-0.3, -0.25) is 0 Å². The third-order valence-electron chi connectivity index (χ3n) is 2.36. The lowest BCUT2D eigenvalue weighted by Crippen LogP contribution is -2.23. The van der Waals surface area contributed by atoms with Crippen molar-refractivity contribution in [3.63, 3.8) is 0 Å². The standard InChI is InChI=1S/C11H20BrN5/c1-8(5-6-17(3)4)15-10-9(12)7-14-11(13-2)16-10/h7-8H,5-6H2,1-4H3,(H2,13,14,15,16). The van der Waals surface area contributed by atoms with Crippen molar-refractivity contribution in [1.82, 2.24) is 14.9 Å². The van der Waals surface area contributed by atoms with Crippen LogP contribution in [0.15, 0.2) is 10.7 Å². The van der Waals surface area contributed by atoms with Gasteiger partial charge in [0.25, 0.3) is 0 Å². The Morgan fingerprint density at radius 1 is 1.47 bits per heavy atom. The molecule has 2 N–H and O–H groups in total. The van der Waals surface area contributed by atoms with E-state index in [9.17, 15) is 0 Å². The van der Waals surface area contributed by atoms with Crippen molar-refractivity contribution < 1.29 is 0 Å². The van der Waals surface area contributed by atoms with Crippen LogP contribution in [0.25, 0.3) is 0 Å². The lowest BCUT2D eigenvalue weighted by Gasteiger charge is -2.18. The molecule has 0 fully saturated rings. The molecule has 5 nitrogen and oxygen atoms in total. The maximum atomic E-state index is 4.36. The number of aromatic nitrogens is 2. The summed E-state index contributed by atoms with van der Waals surface area (Å²) >= 11 is 3.44. The number of hydrogen-bond acceptors (Lipinski definition) is 5. The quantitative estimate of drug-likeness (QED) is 0.842. The van der Waals surface area contributed by atoms with Crippen LogP contribution >= 0.6 is 15.9 Å². The average Bonchev–Trinajstić information content (AvgIpc) is 2.29. The van der Waals surface area contributed by atoms with Gasteiger partial charge in [0.05, 0.1) is 4.47 Å². The van der Waals surface area contributed by atoms with Gasteiger partial charge in [-0.05, 0) is 49.9 Å². The fraction of sp³-hybridized carbons (Fsp3) is 0.636. The van der Waals surface area contributed by atoms with Gasteiger partial charge in [-0.1, -0.05) is 0 Å². The molecule has 0 amide bonds. The average molecular weight is 302 g/mol. The third kappa shape index (κ3) is 4.87. The van der Waals surface area contributed by atoms with Gasteiger partial charge in [0.2, 0.25) is 5.95 Å². The van der Waals surface area contributed by atoms with E-state index in [1.165, 1.54) is 0 Å². The molecule has 0 aliphatic heterocycles. The number of nitrogens with one attached hydrogen (secondary N) is 2. The molecule has 0 bridgehead atoms. The molecular formula is C11H20BrN5. The van der Waals surface area contributed by atoms with Crippen LogP contribution < -0.4 is 10.6 Å². The molecule has 1 aromatic rings. The second-order valence-electron chi connectivity index (χ2n) is 4.28. The first kappa shape index (κ1) is 14.2. The Balaban J connectivity index is 2.60. The summed E-state index contributed by atoms with van der Waals surface area (Å²) in [6.45, 7) is 3.20. The van der Waals surface area contributed by atoms with Crippen LogP contribution in [0.3, 0.4) is 0 Å². The predicted octanol–water partition coefficient (Wildman–Crippen LogP) is 2.03. The highest BCUT2D eigenvalue weighted by atomic mass is 79.9. The molecule has 96 valence electrons. The molecule has 0 aliphatic rings. The van der Waals surface area contributed by atoms with E-state index >= 15 is 0 Å². The Kier molecular flexibility index (Phi) is 5.64. The van der Waals surface area contributed by atoms with Crippen molar-refractivity contribution >= 4 is 27.7 Å². The maximum absolute atomic E-state index is 4.36. The second kappa shape index (κ2) is 6.76. The minimum absolute atomic E-state index is 0.369. The van der Waals surface area contributed by atoms with Crippen LogP contribution in [0.4, 0.5) is 11.8 Å². The van der Waals surface area contributed by atoms with E-state index < -0.39 is 0 Å². The normalized spacial score (nSPS) is 12.6. The summed E-state index contributed by atoms with van der Waals surface area (Å²) in [5, 5.41) is 6.30. The van der Waals surface area contributed by atoms with E-state index in [2.05, 4.69) is 62.5 Å². The minimum atomic E-state index is 0.369. The first-order valence-electron chi connectivity index (χ1n) is 5.64. The summed E-state index contributed by atoms with van der Waals surface area (Å²) in [5.41, 5.74) is 0. The molecule has 17 heavy (non-hydrogen) atoms. The molecule has 0 saturated heterocycles. The molecule has 0 spiro atoms. The minimum Gasteiger partial charge on any atom is -0.366 e. The Labute approximate surface area is 111 Å². The zero-order valence-corrected chi connectivity index (χ0v) is 12.4. The molecular weight excluding hydrogens is 282 g/mol. The molecule has 0 saturated carbocycles. The Morgan fingerprint density at radius 3 is 2.76 bits per heavy atom. The highest BCUT2D eigenvalue weighted by Crippen LogP contribution is 2.21. The van der Waals surface area contributed by atoms with E-state index in [0.717, 1.165) is 23.3 Å². The summed E-state index contributed by atoms with van der Waals surface area (Å²) in [6, 6.07) is 0.369. The van der Waals surface area contributed by atoms with Crippen molar-refractivity contribution in [1.29, 1.82) is 0 Å². The van der Waals surface area contributed by atoms with E-state index in [-0.39, 0.29) is 0 Å². The van der Waals surface area contributed by atoms with Gasteiger partial charge in [-0.2, -0.15) is 4.98 Å². The van der Waals surface area contributed by atoms with Crippen LogP contribution in [0, 0.1) is 0 Å². The number of halogens is 1. The van der Waals surface area contributed by atoms with Crippen molar-refractivity contribution in [2.45, 2.75) is 19.4 Å². The molecule has 1 rings (SSSR count). The smallest absolute Gasteiger partial charge is 0.224 e. The highest BCUT2D eigenvalue weighted by molar-refractivity contribution is 9.10. The van der Waals surface area contributed by atoms with Crippen LogP contribution in [-0.4, -0.2) is 48.6 Å². The van der Waals surface area contributed by atoms with Gasteiger partial charge in [-0.15, -0.1) is 0 Å². The van der Waals surface area contributed by atoms with Gasteiger partial charge in [0.1, 0.15) is 5.82 Å². The van der Waals surface area contributed by atoms with Gasteiger partial charge in [0.15, 0.2) is 0 Å². The molecule has 1 atom stereocenters. The van der Waals surface area contributed by atoms with E-state index in [4.69, 9.17) is 0 Å². The second-order valence-corrected chi connectivity index (χ2v) is 5.13. The third-order valence-corrected chi connectivity index (χ3v) is 2.94. The summed E-state index contributed by atoms with van der Waals surface area (Å²) in [5.74, 6) is 1.45. The number of hydrogen-bond donors (Lipinski definition) is 2. The lowest BCUT2D eigenvalue weighted by atomic mass is 10.2.